The van der Waals surface area contributed by atoms with Gasteiger partial charge in [-0.2, -0.15) is 0 Å². The maximum Gasteiger partial charge on any atom is 0.498 e. The summed E-state index contributed by atoms with van der Waals surface area (Å²) in [7, 11) is -0.897. The van der Waals surface area contributed by atoms with Crippen molar-refractivity contribution in [3.05, 3.63) is 59.2 Å². The van der Waals surface area contributed by atoms with E-state index < -0.39 is 47.9 Å². The number of aryl methyl sites for hydroxylation is 1. The Morgan fingerprint density at radius 3 is 2.22 bits per heavy atom. The van der Waals surface area contributed by atoms with Crippen LogP contribution in [0.2, 0.25) is 0 Å². The van der Waals surface area contributed by atoms with E-state index in [1.165, 1.54) is 18.2 Å². The number of rotatable bonds is 5. The summed E-state index contributed by atoms with van der Waals surface area (Å²) < 4.78 is 45.6. The zero-order valence-corrected chi connectivity index (χ0v) is 18.9. The fourth-order valence-electron chi connectivity index (χ4n) is 3.40. The number of benzene rings is 2. The van der Waals surface area contributed by atoms with E-state index in [9.17, 15) is 14.0 Å². The first-order chi connectivity index (χ1) is 14.8. The van der Waals surface area contributed by atoms with Crippen molar-refractivity contribution < 1.29 is 32.4 Å². The SMILES string of the molecule is CC(=O)OC(C(=O)Nc1cc(C)c(B2OC(C)(C)C(C)(C)O2)c(F)c1)c1cccc(F)c1. The fourth-order valence-corrected chi connectivity index (χ4v) is 3.40. The second-order valence-corrected chi connectivity index (χ2v) is 8.81. The molecular formula is C23H26BF2NO5. The minimum atomic E-state index is -1.39. The summed E-state index contributed by atoms with van der Waals surface area (Å²) in [6, 6.07) is 7.88. The van der Waals surface area contributed by atoms with Crippen LogP contribution in [0.3, 0.4) is 0 Å². The molecule has 2 aromatic rings. The quantitative estimate of drug-likeness (QED) is 0.560. The Balaban J connectivity index is 1.86. The summed E-state index contributed by atoms with van der Waals surface area (Å²) in [5, 5.41) is 2.54. The third kappa shape index (κ3) is 4.84. The van der Waals surface area contributed by atoms with E-state index in [2.05, 4.69) is 5.32 Å². The maximum absolute atomic E-state index is 15.1. The molecule has 0 radical (unpaired) electrons. The van der Waals surface area contributed by atoms with E-state index >= 15 is 4.39 Å². The van der Waals surface area contributed by atoms with Crippen molar-refractivity contribution in [2.75, 3.05) is 5.32 Å². The molecule has 1 unspecified atom stereocenters. The summed E-state index contributed by atoms with van der Waals surface area (Å²) in [4.78, 5) is 24.3. The number of hydrogen-bond donors (Lipinski definition) is 1. The van der Waals surface area contributed by atoms with Crippen molar-refractivity contribution in [2.24, 2.45) is 0 Å². The summed E-state index contributed by atoms with van der Waals surface area (Å²) in [6.07, 6.45) is -1.39. The van der Waals surface area contributed by atoms with Gasteiger partial charge in [-0.05, 0) is 64.4 Å². The van der Waals surface area contributed by atoms with Crippen molar-refractivity contribution in [1.82, 2.24) is 0 Å². The Labute approximate surface area is 186 Å². The van der Waals surface area contributed by atoms with E-state index in [-0.39, 0.29) is 16.7 Å². The van der Waals surface area contributed by atoms with Crippen LogP contribution in [0.1, 0.15) is 51.8 Å². The molecule has 32 heavy (non-hydrogen) atoms. The molecule has 1 aliphatic heterocycles. The van der Waals surface area contributed by atoms with Gasteiger partial charge in [-0.1, -0.05) is 12.1 Å². The van der Waals surface area contributed by atoms with Gasteiger partial charge in [-0.15, -0.1) is 0 Å². The first-order valence-electron chi connectivity index (χ1n) is 10.2. The molecule has 1 heterocycles. The van der Waals surface area contributed by atoms with E-state index in [0.717, 1.165) is 19.1 Å². The molecule has 3 rings (SSSR count). The molecule has 0 aromatic heterocycles. The van der Waals surface area contributed by atoms with Crippen LogP contribution in [0.4, 0.5) is 14.5 Å². The van der Waals surface area contributed by atoms with Crippen molar-refractivity contribution in [3.63, 3.8) is 0 Å². The molecule has 1 amide bonds. The topological polar surface area (TPSA) is 73.9 Å². The van der Waals surface area contributed by atoms with Gasteiger partial charge >= 0.3 is 13.1 Å². The molecule has 0 bridgehead atoms. The van der Waals surface area contributed by atoms with Gasteiger partial charge in [0.15, 0.2) is 0 Å². The molecule has 1 N–H and O–H groups in total. The van der Waals surface area contributed by atoms with Crippen LogP contribution in [0.5, 0.6) is 0 Å². The number of anilines is 1. The van der Waals surface area contributed by atoms with Crippen molar-refractivity contribution in [2.45, 2.75) is 58.8 Å². The molecule has 0 aliphatic carbocycles. The normalized spacial score (nSPS) is 17.7. The molecule has 1 atom stereocenters. The largest absolute Gasteiger partial charge is 0.498 e. The zero-order valence-electron chi connectivity index (χ0n) is 18.9. The second kappa shape index (κ2) is 8.63. The molecule has 9 heteroatoms. The fraction of sp³-hybridized carbons (Fsp3) is 0.391. The van der Waals surface area contributed by atoms with Gasteiger partial charge in [0.2, 0.25) is 6.10 Å². The monoisotopic (exact) mass is 445 g/mol. The van der Waals surface area contributed by atoms with Gasteiger partial charge in [0.25, 0.3) is 5.91 Å². The zero-order chi connectivity index (χ0) is 23.8. The molecule has 0 saturated carbocycles. The minimum Gasteiger partial charge on any atom is -0.447 e. The number of nitrogens with one attached hydrogen (secondary N) is 1. The molecule has 2 aromatic carbocycles. The third-order valence-corrected chi connectivity index (χ3v) is 5.77. The summed E-state index contributed by atoms with van der Waals surface area (Å²) in [6.45, 7) is 10.3. The lowest BCUT2D eigenvalue weighted by atomic mass is 9.75. The van der Waals surface area contributed by atoms with Crippen molar-refractivity contribution in [3.8, 4) is 0 Å². The van der Waals surface area contributed by atoms with Crippen LogP contribution in [0, 0.1) is 18.6 Å². The Hall–Kier alpha value is -2.78. The number of hydrogen-bond acceptors (Lipinski definition) is 5. The highest BCUT2D eigenvalue weighted by Gasteiger charge is 2.52. The van der Waals surface area contributed by atoms with E-state index in [1.54, 1.807) is 13.0 Å². The van der Waals surface area contributed by atoms with Crippen LogP contribution < -0.4 is 10.8 Å². The summed E-state index contributed by atoms with van der Waals surface area (Å²) in [5.41, 5.74) is -0.212. The number of esters is 1. The number of carbonyl (C=O) groups excluding carboxylic acids is 2. The highest BCUT2D eigenvalue weighted by Crippen LogP contribution is 2.37. The van der Waals surface area contributed by atoms with Crippen LogP contribution in [0.15, 0.2) is 36.4 Å². The highest BCUT2D eigenvalue weighted by molar-refractivity contribution is 6.62. The molecule has 1 saturated heterocycles. The Kier molecular flexibility index (Phi) is 6.44. The Bertz CT molecular complexity index is 1020. The first-order valence-corrected chi connectivity index (χ1v) is 10.2. The maximum atomic E-state index is 15.1. The standard InChI is InChI=1S/C23H26BF2NO5/c1-13-10-17(12-18(26)19(13)24-31-22(3,4)23(5,6)32-24)27-21(29)20(30-14(2)28)15-8-7-9-16(25)11-15/h7-12,20H,1-6H3,(H,27,29). The predicted molar refractivity (Wildman–Crippen MR) is 116 cm³/mol. The third-order valence-electron chi connectivity index (χ3n) is 5.77. The van der Waals surface area contributed by atoms with Gasteiger partial charge < -0.3 is 19.4 Å². The number of carbonyl (C=O) groups is 2. The van der Waals surface area contributed by atoms with Crippen LogP contribution in [0.25, 0.3) is 0 Å². The summed E-state index contributed by atoms with van der Waals surface area (Å²) in [5.74, 6) is -2.66. The van der Waals surface area contributed by atoms with Crippen molar-refractivity contribution >= 4 is 30.1 Å². The van der Waals surface area contributed by atoms with Gasteiger partial charge in [0, 0.05) is 23.6 Å². The molecule has 1 aliphatic rings. The molecule has 6 nitrogen and oxygen atoms in total. The lowest BCUT2D eigenvalue weighted by Crippen LogP contribution is -2.41. The molecule has 1 fully saturated rings. The molecular weight excluding hydrogens is 419 g/mol. The number of halogens is 2. The Morgan fingerprint density at radius 1 is 1.06 bits per heavy atom. The second-order valence-electron chi connectivity index (χ2n) is 8.81. The smallest absolute Gasteiger partial charge is 0.447 e. The van der Waals surface area contributed by atoms with Gasteiger partial charge in [-0.25, -0.2) is 8.78 Å². The average Bonchev–Trinajstić information content (AvgIpc) is 2.85. The lowest BCUT2D eigenvalue weighted by Gasteiger charge is -2.32. The van der Waals surface area contributed by atoms with Crippen LogP contribution in [-0.4, -0.2) is 30.2 Å². The highest BCUT2D eigenvalue weighted by atomic mass is 19.1. The van der Waals surface area contributed by atoms with E-state index in [4.69, 9.17) is 14.0 Å². The Morgan fingerprint density at radius 2 is 1.69 bits per heavy atom. The van der Waals surface area contributed by atoms with Gasteiger partial charge in [0.05, 0.1) is 11.2 Å². The number of ether oxygens (including phenoxy) is 1. The van der Waals surface area contributed by atoms with Gasteiger partial charge in [-0.3, -0.25) is 9.59 Å². The van der Waals surface area contributed by atoms with Crippen LogP contribution >= 0.6 is 0 Å². The van der Waals surface area contributed by atoms with Crippen molar-refractivity contribution in [1.29, 1.82) is 0 Å². The molecule has 0 spiro atoms. The molecule has 170 valence electrons. The van der Waals surface area contributed by atoms with E-state index in [1.807, 2.05) is 27.7 Å². The van der Waals surface area contributed by atoms with E-state index in [0.29, 0.717) is 5.56 Å². The number of amides is 1. The predicted octanol–water partition coefficient (Wildman–Crippen LogP) is 3.82. The minimum absolute atomic E-state index is 0.152. The van der Waals surface area contributed by atoms with Gasteiger partial charge in [0.1, 0.15) is 11.6 Å². The lowest BCUT2D eigenvalue weighted by molar-refractivity contribution is -0.152. The van der Waals surface area contributed by atoms with Crippen LogP contribution in [-0.2, 0) is 23.6 Å². The summed E-state index contributed by atoms with van der Waals surface area (Å²) >= 11 is 0. The average molecular weight is 445 g/mol. The first kappa shape index (κ1) is 23.9.